The van der Waals surface area contributed by atoms with Gasteiger partial charge in [0.2, 0.25) is 0 Å². The van der Waals surface area contributed by atoms with Gasteiger partial charge in [-0.05, 0) is 63.3 Å². The second-order valence-corrected chi connectivity index (χ2v) is 13.7. The van der Waals surface area contributed by atoms with Crippen LogP contribution >= 0.6 is 11.6 Å². The van der Waals surface area contributed by atoms with E-state index >= 15 is 0 Å². The number of hydrogen-bond donors (Lipinski definition) is 0. The van der Waals surface area contributed by atoms with Crippen molar-refractivity contribution in [1.82, 2.24) is 4.98 Å². The van der Waals surface area contributed by atoms with Gasteiger partial charge in [0.15, 0.2) is 25.5 Å². The second kappa shape index (κ2) is 9.58. The van der Waals surface area contributed by atoms with E-state index in [0.717, 1.165) is 0 Å². The molecule has 1 saturated carbocycles. The first-order chi connectivity index (χ1) is 15.6. The fourth-order valence-corrected chi connectivity index (χ4v) is 7.22. The standard InChI is InChI=1S/C22H23ClF3NO5S2/c1-13(2)33(29,30)20-10-15(22(24,25)26)12-27-21(20)19(28)7-6-14-8-18(9-14)34(31,32)17-5-3-4-16(23)11-17/h3-5,10-14,18H,6-9H2,1-2H3. The van der Waals surface area contributed by atoms with Crippen LogP contribution in [0.2, 0.25) is 5.02 Å². The molecule has 1 aliphatic carbocycles. The maximum absolute atomic E-state index is 13.1. The number of hydrogen-bond acceptors (Lipinski definition) is 6. The van der Waals surface area contributed by atoms with Gasteiger partial charge in [-0.1, -0.05) is 17.7 Å². The Balaban J connectivity index is 1.71. The molecule has 0 aliphatic heterocycles. The van der Waals surface area contributed by atoms with Crippen molar-refractivity contribution in [2.24, 2.45) is 5.92 Å². The van der Waals surface area contributed by atoms with Crippen LogP contribution in [0.25, 0.3) is 0 Å². The van der Waals surface area contributed by atoms with E-state index in [1.807, 2.05) is 0 Å². The largest absolute Gasteiger partial charge is 0.417 e. The van der Waals surface area contributed by atoms with Crippen LogP contribution < -0.4 is 0 Å². The average Bonchev–Trinajstić information content (AvgIpc) is 2.71. The highest BCUT2D eigenvalue weighted by molar-refractivity contribution is 7.92. The highest BCUT2D eigenvalue weighted by atomic mass is 35.5. The summed E-state index contributed by atoms with van der Waals surface area (Å²) >= 11 is 5.87. The fraction of sp³-hybridized carbons (Fsp3) is 0.455. The summed E-state index contributed by atoms with van der Waals surface area (Å²) in [6, 6.07) is 6.40. The molecule has 1 aromatic heterocycles. The van der Waals surface area contributed by atoms with Crippen LogP contribution in [0.4, 0.5) is 13.2 Å². The summed E-state index contributed by atoms with van der Waals surface area (Å²) in [5, 5.41) is -1.36. The molecule has 6 nitrogen and oxygen atoms in total. The van der Waals surface area contributed by atoms with Crippen molar-refractivity contribution >= 4 is 37.1 Å². The van der Waals surface area contributed by atoms with Crippen LogP contribution in [0.15, 0.2) is 46.3 Å². The minimum Gasteiger partial charge on any atom is -0.292 e. The Labute approximate surface area is 201 Å². The van der Waals surface area contributed by atoms with Gasteiger partial charge >= 0.3 is 6.18 Å². The molecular weight excluding hydrogens is 515 g/mol. The molecule has 3 rings (SSSR count). The lowest BCUT2D eigenvalue weighted by atomic mass is 9.81. The summed E-state index contributed by atoms with van der Waals surface area (Å²) in [7, 11) is -7.77. The number of Topliss-reactive ketones (excluding diaryl/α,β-unsaturated/α-hetero) is 1. The molecule has 186 valence electrons. The molecule has 0 amide bonds. The molecular formula is C22H23ClF3NO5S2. The van der Waals surface area contributed by atoms with Crippen LogP contribution in [-0.4, -0.2) is 38.1 Å². The average molecular weight is 538 g/mol. The molecule has 0 bridgehead atoms. The molecule has 1 fully saturated rings. The normalized spacial score (nSPS) is 19.1. The first-order valence-electron chi connectivity index (χ1n) is 10.5. The molecule has 0 unspecified atom stereocenters. The molecule has 0 saturated heterocycles. The Hall–Kier alpha value is -1.98. The molecule has 1 heterocycles. The van der Waals surface area contributed by atoms with E-state index in [0.29, 0.717) is 30.1 Å². The molecule has 12 heteroatoms. The zero-order valence-electron chi connectivity index (χ0n) is 18.3. The predicted molar refractivity (Wildman–Crippen MR) is 120 cm³/mol. The van der Waals surface area contributed by atoms with E-state index in [1.54, 1.807) is 12.1 Å². The van der Waals surface area contributed by atoms with E-state index in [2.05, 4.69) is 4.98 Å². The van der Waals surface area contributed by atoms with E-state index in [4.69, 9.17) is 11.6 Å². The fourth-order valence-electron chi connectivity index (χ4n) is 3.73. The lowest BCUT2D eigenvalue weighted by Gasteiger charge is -2.34. The summed E-state index contributed by atoms with van der Waals surface area (Å²) in [4.78, 5) is 15.7. The zero-order valence-corrected chi connectivity index (χ0v) is 20.7. The zero-order chi connectivity index (χ0) is 25.5. The Morgan fingerprint density at radius 1 is 1.15 bits per heavy atom. The topological polar surface area (TPSA) is 98.2 Å². The number of rotatable bonds is 8. The Kier molecular flexibility index (Phi) is 7.50. The first kappa shape index (κ1) is 26.6. The number of ketones is 1. The number of nitrogens with zero attached hydrogens (tertiary/aromatic N) is 1. The number of sulfone groups is 2. The van der Waals surface area contributed by atoms with Crippen LogP contribution in [0.5, 0.6) is 0 Å². The molecule has 2 aromatic rings. The number of aromatic nitrogens is 1. The Morgan fingerprint density at radius 2 is 1.79 bits per heavy atom. The third kappa shape index (κ3) is 5.46. The van der Waals surface area contributed by atoms with Gasteiger partial charge in [-0.2, -0.15) is 13.2 Å². The van der Waals surface area contributed by atoms with Crippen molar-refractivity contribution in [3.63, 3.8) is 0 Å². The van der Waals surface area contributed by atoms with Crippen LogP contribution in [-0.2, 0) is 25.9 Å². The summed E-state index contributed by atoms with van der Waals surface area (Å²) in [6.07, 6.45) is -3.62. The van der Waals surface area contributed by atoms with Crippen LogP contribution in [0.3, 0.4) is 0 Å². The summed E-state index contributed by atoms with van der Waals surface area (Å²) in [5.74, 6) is -0.795. The van der Waals surface area contributed by atoms with Gasteiger partial charge in [0.1, 0.15) is 5.69 Å². The SMILES string of the molecule is CC(C)S(=O)(=O)c1cc(C(F)(F)F)cnc1C(=O)CCC1CC(S(=O)(=O)c2cccc(Cl)c2)C1. The van der Waals surface area contributed by atoms with Gasteiger partial charge in [0, 0.05) is 17.6 Å². The monoisotopic (exact) mass is 537 g/mol. The minimum absolute atomic E-state index is 0.0949. The highest BCUT2D eigenvalue weighted by Gasteiger charge is 2.40. The lowest BCUT2D eigenvalue weighted by Crippen LogP contribution is -2.36. The molecule has 0 radical (unpaired) electrons. The number of alkyl halides is 3. The Morgan fingerprint density at radius 3 is 2.35 bits per heavy atom. The summed E-state index contributed by atoms with van der Waals surface area (Å²) in [6.45, 7) is 2.61. The van der Waals surface area contributed by atoms with Gasteiger partial charge < -0.3 is 0 Å². The quantitative estimate of drug-likeness (QED) is 0.432. The van der Waals surface area contributed by atoms with Crippen molar-refractivity contribution in [3.05, 3.63) is 52.8 Å². The van der Waals surface area contributed by atoms with Gasteiger partial charge in [0.05, 0.1) is 25.9 Å². The van der Waals surface area contributed by atoms with E-state index in [-0.39, 0.29) is 23.7 Å². The van der Waals surface area contributed by atoms with Gasteiger partial charge in [0.25, 0.3) is 0 Å². The maximum Gasteiger partial charge on any atom is 0.417 e. The third-order valence-electron chi connectivity index (χ3n) is 5.91. The number of carbonyl (C=O) groups is 1. The summed E-state index contributed by atoms with van der Waals surface area (Å²) < 4.78 is 90.0. The molecule has 34 heavy (non-hydrogen) atoms. The molecule has 0 atom stereocenters. The van der Waals surface area contributed by atoms with Gasteiger partial charge in [-0.25, -0.2) is 16.8 Å². The van der Waals surface area contributed by atoms with Gasteiger partial charge in [-0.15, -0.1) is 0 Å². The first-order valence-corrected chi connectivity index (χ1v) is 13.9. The second-order valence-electron chi connectivity index (χ2n) is 8.59. The number of halogens is 4. The maximum atomic E-state index is 13.1. The van der Waals surface area contributed by atoms with Crippen molar-refractivity contribution < 1.29 is 34.8 Å². The molecule has 0 N–H and O–H groups in total. The molecule has 0 spiro atoms. The summed E-state index contributed by atoms with van der Waals surface area (Å²) in [5.41, 5.74) is -1.78. The smallest absolute Gasteiger partial charge is 0.292 e. The molecule has 1 aliphatic rings. The highest BCUT2D eigenvalue weighted by Crippen LogP contribution is 2.40. The van der Waals surface area contributed by atoms with E-state index < -0.39 is 58.3 Å². The number of pyridine rings is 1. The minimum atomic E-state index is -4.81. The van der Waals surface area contributed by atoms with Crippen LogP contribution in [0, 0.1) is 5.92 Å². The molecule has 1 aromatic carbocycles. The van der Waals surface area contributed by atoms with E-state index in [9.17, 15) is 34.8 Å². The van der Waals surface area contributed by atoms with Crippen molar-refractivity contribution in [2.75, 3.05) is 0 Å². The third-order valence-corrected chi connectivity index (χ3v) is 10.5. The van der Waals surface area contributed by atoms with Gasteiger partial charge in [-0.3, -0.25) is 9.78 Å². The van der Waals surface area contributed by atoms with Crippen molar-refractivity contribution in [3.8, 4) is 0 Å². The van der Waals surface area contributed by atoms with Crippen molar-refractivity contribution in [2.45, 2.75) is 66.0 Å². The predicted octanol–water partition coefficient (Wildman–Crippen LogP) is 5.15. The van der Waals surface area contributed by atoms with E-state index in [1.165, 1.54) is 26.0 Å². The van der Waals surface area contributed by atoms with Crippen LogP contribution in [0.1, 0.15) is 55.6 Å². The van der Waals surface area contributed by atoms with Crippen molar-refractivity contribution in [1.29, 1.82) is 0 Å². The number of benzene rings is 1. The number of carbonyl (C=O) groups excluding carboxylic acids is 1. The Bertz CT molecular complexity index is 1300. The lowest BCUT2D eigenvalue weighted by molar-refractivity contribution is -0.138.